The first-order valence-corrected chi connectivity index (χ1v) is 4.86. The maximum Gasteiger partial charge on any atom is 0.304 e. The van der Waals surface area contributed by atoms with Gasteiger partial charge in [-0.05, 0) is 25.1 Å². The molecule has 1 aromatic carbocycles. The first-order chi connectivity index (χ1) is 7.45. The van der Waals surface area contributed by atoms with Crippen LogP contribution < -0.4 is 5.73 Å². The maximum atomic E-state index is 13.2. The van der Waals surface area contributed by atoms with Gasteiger partial charge in [-0.3, -0.25) is 4.79 Å². The van der Waals surface area contributed by atoms with Crippen molar-refractivity contribution in [2.24, 2.45) is 5.73 Å². The fourth-order valence-electron chi connectivity index (χ4n) is 1.60. The van der Waals surface area contributed by atoms with Crippen LogP contribution in [0.15, 0.2) is 12.1 Å². The minimum atomic E-state index is -1.03. The number of phenolic OH excluding ortho intramolecular Hbond substituents is 1. The van der Waals surface area contributed by atoms with E-state index in [1.807, 2.05) is 0 Å². The number of benzene rings is 1. The van der Waals surface area contributed by atoms with E-state index in [9.17, 15) is 14.3 Å². The SMILES string of the molecule is Cc1cc(F)c(O)c(C(CN)CC(=O)O)c1. The van der Waals surface area contributed by atoms with E-state index in [-0.39, 0.29) is 18.5 Å². The van der Waals surface area contributed by atoms with Gasteiger partial charge in [-0.25, -0.2) is 4.39 Å². The number of hydrogen-bond acceptors (Lipinski definition) is 3. The number of nitrogens with two attached hydrogens (primary N) is 1. The molecule has 1 aromatic rings. The van der Waals surface area contributed by atoms with E-state index in [0.29, 0.717) is 5.56 Å². The fourth-order valence-corrected chi connectivity index (χ4v) is 1.60. The van der Waals surface area contributed by atoms with Gasteiger partial charge in [0, 0.05) is 11.5 Å². The van der Waals surface area contributed by atoms with Crippen molar-refractivity contribution in [3.8, 4) is 5.75 Å². The second-order valence-electron chi connectivity index (χ2n) is 3.72. The smallest absolute Gasteiger partial charge is 0.304 e. The van der Waals surface area contributed by atoms with Crippen molar-refractivity contribution < 1.29 is 19.4 Å². The van der Waals surface area contributed by atoms with Gasteiger partial charge < -0.3 is 15.9 Å². The molecule has 4 N–H and O–H groups in total. The zero-order chi connectivity index (χ0) is 12.3. The summed E-state index contributed by atoms with van der Waals surface area (Å²) in [5.74, 6) is -2.87. The molecule has 0 amide bonds. The van der Waals surface area contributed by atoms with E-state index in [1.54, 1.807) is 13.0 Å². The molecule has 1 rings (SSSR count). The zero-order valence-electron chi connectivity index (χ0n) is 8.90. The van der Waals surface area contributed by atoms with Crippen LogP contribution in [-0.4, -0.2) is 22.7 Å². The van der Waals surface area contributed by atoms with Gasteiger partial charge in [0.1, 0.15) is 0 Å². The lowest BCUT2D eigenvalue weighted by atomic mass is 9.93. The molecule has 0 saturated carbocycles. The molecular weight excluding hydrogens is 213 g/mol. The third-order valence-electron chi connectivity index (χ3n) is 2.38. The maximum absolute atomic E-state index is 13.2. The molecule has 0 radical (unpaired) electrons. The van der Waals surface area contributed by atoms with Crippen LogP contribution in [0.4, 0.5) is 4.39 Å². The third kappa shape index (κ3) is 2.70. The Hall–Kier alpha value is -1.62. The van der Waals surface area contributed by atoms with Gasteiger partial charge in [-0.2, -0.15) is 0 Å². The number of hydrogen-bond donors (Lipinski definition) is 3. The molecule has 0 bridgehead atoms. The first-order valence-electron chi connectivity index (χ1n) is 4.86. The van der Waals surface area contributed by atoms with E-state index in [4.69, 9.17) is 10.8 Å². The number of aromatic hydroxyl groups is 1. The number of phenols is 1. The number of rotatable bonds is 4. The van der Waals surface area contributed by atoms with Crippen LogP contribution in [0.25, 0.3) is 0 Å². The summed E-state index contributed by atoms with van der Waals surface area (Å²) in [5, 5.41) is 18.2. The molecule has 0 spiro atoms. The largest absolute Gasteiger partial charge is 0.505 e. The monoisotopic (exact) mass is 227 g/mol. The molecule has 5 heteroatoms. The minimum Gasteiger partial charge on any atom is -0.505 e. The lowest BCUT2D eigenvalue weighted by Crippen LogP contribution is -2.16. The Labute approximate surface area is 92.5 Å². The highest BCUT2D eigenvalue weighted by molar-refractivity contribution is 5.68. The molecule has 88 valence electrons. The molecule has 0 aliphatic carbocycles. The predicted octanol–water partition coefficient (Wildman–Crippen LogP) is 1.36. The van der Waals surface area contributed by atoms with Gasteiger partial charge in [0.05, 0.1) is 6.42 Å². The van der Waals surface area contributed by atoms with Crippen LogP contribution >= 0.6 is 0 Å². The van der Waals surface area contributed by atoms with E-state index in [2.05, 4.69) is 0 Å². The van der Waals surface area contributed by atoms with E-state index in [1.165, 1.54) is 6.07 Å². The van der Waals surface area contributed by atoms with E-state index >= 15 is 0 Å². The van der Waals surface area contributed by atoms with Crippen molar-refractivity contribution in [2.75, 3.05) is 6.54 Å². The molecule has 0 fully saturated rings. The quantitative estimate of drug-likeness (QED) is 0.725. The predicted molar refractivity (Wildman–Crippen MR) is 56.9 cm³/mol. The number of aryl methyl sites for hydroxylation is 1. The Kier molecular flexibility index (Phi) is 3.84. The number of aliphatic carboxylic acids is 1. The lowest BCUT2D eigenvalue weighted by Gasteiger charge is -2.15. The summed E-state index contributed by atoms with van der Waals surface area (Å²) < 4.78 is 13.2. The second-order valence-corrected chi connectivity index (χ2v) is 3.72. The topological polar surface area (TPSA) is 83.5 Å². The van der Waals surface area contributed by atoms with Crippen molar-refractivity contribution in [1.82, 2.24) is 0 Å². The molecule has 4 nitrogen and oxygen atoms in total. The third-order valence-corrected chi connectivity index (χ3v) is 2.38. The fraction of sp³-hybridized carbons (Fsp3) is 0.364. The van der Waals surface area contributed by atoms with Gasteiger partial charge in [-0.1, -0.05) is 6.07 Å². The Morgan fingerprint density at radius 3 is 2.69 bits per heavy atom. The molecule has 16 heavy (non-hydrogen) atoms. The number of carboxylic acids is 1. The van der Waals surface area contributed by atoms with Crippen LogP contribution in [0.2, 0.25) is 0 Å². The summed E-state index contributed by atoms with van der Waals surface area (Å²) in [4.78, 5) is 10.6. The van der Waals surface area contributed by atoms with E-state index in [0.717, 1.165) is 0 Å². The van der Waals surface area contributed by atoms with Gasteiger partial charge in [0.15, 0.2) is 11.6 Å². The Balaban J connectivity index is 3.13. The highest BCUT2D eigenvalue weighted by Gasteiger charge is 2.19. The summed E-state index contributed by atoms with van der Waals surface area (Å²) in [5.41, 5.74) is 6.30. The Morgan fingerprint density at radius 2 is 2.19 bits per heavy atom. The van der Waals surface area contributed by atoms with Gasteiger partial charge in [-0.15, -0.1) is 0 Å². The first kappa shape index (κ1) is 12.4. The second kappa shape index (κ2) is 4.94. The molecule has 0 heterocycles. The molecule has 0 aromatic heterocycles. The van der Waals surface area contributed by atoms with Gasteiger partial charge >= 0.3 is 5.97 Å². The summed E-state index contributed by atoms with van der Waals surface area (Å²) in [6.07, 6.45) is -0.229. The average Bonchev–Trinajstić information content (AvgIpc) is 2.20. The standard InChI is InChI=1S/C11H14FNO3/c1-6-2-8(11(16)9(12)3-6)7(5-13)4-10(14)15/h2-3,7,16H,4-5,13H2,1H3,(H,14,15). The molecule has 0 aliphatic rings. The Morgan fingerprint density at radius 1 is 1.56 bits per heavy atom. The number of carbonyl (C=O) groups is 1. The van der Waals surface area contributed by atoms with Crippen LogP contribution in [0.5, 0.6) is 5.75 Å². The highest BCUT2D eigenvalue weighted by atomic mass is 19.1. The van der Waals surface area contributed by atoms with Crippen LogP contribution in [0.3, 0.4) is 0 Å². The summed E-state index contributed by atoms with van der Waals surface area (Å²) in [6.45, 7) is 1.71. The van der Waals surface area contributed by atoms with Gasteiger partial charge in [0.2, 0.25) is 0 Å². The summed E-state index contributed by atoms with van der Waals surface area (Å²) in [6, 6.07) is 2.74. The molecule has 1 unspecified atom stereocenters. The van der Waals surface area contributed by atoms with Crippen LogP contribution in [-0.2, 0) is 4.79 Å². The van der Waals surface area contributed by atoms with E-state index < -0.39 is 23.5 Å². The molecule has 1 atom stereocenters. The summed E-state index contributed by atoms with van der Waals surface area (Å²) in [7, 11) is 0. The minimum absolute atomic E-state index is 0.0444. The normalized spacial score (nSPS) is 12.4. The van der Waals surface area contributed by atoms with Crippen molar-refractivity contribution in [1.29, 1.82) is 0 Å². The highest BCUT2D eigenvalue weighted by Crippen LogP contribution is 2.31. The van der Waals surface area contributed by atoms with Crippen molar-refractivity contribution in [3.05, 3.63) is 29.1 Å². The lowest BCUT2D eigenvalue weighted by molar-refractivity contribution is -0.137. The zero-order valence-corrected chi connectivity index (χ0v) is 8.90. The number of halogens is 1. The van der Waals surface area contributed by atoms with Crippen molar-refractivity contribution in [3.63, 3.8) is 0 Å². The Bertz CT molecular complexity index is 406. The van der Waals surface area contributed by atoms with Crippen molar-refractivity contribution in [2.45, 2.75) is 19.3 Å². The van der Waals surface area contributed by atoms with Gasteiger partial charge in [0.25, 0.3) is 0 Å². The summed E-state index contributed by atoms with van der Waals surface area (Å²) >= 11 is 0. The molecule has 0 aliphatic heterocycles. The van der Waals surface area contributed by atoms with Crippen molar-refractivity contribution >= 4 is 5.97 Å². The molecular formula is C11H14FNO3. The van der Waals surface area contributed by atoms with Crippen LogP contribution in [0.1, 0.15) is 23.5 Å². The van der Waals surface area contributed by atoms with Crippen LogP contribution in [0, 0.1) is 12.7 Å². The average molecular weight is 227 g/mol. The number of carboxylic acid groups (broad SMARTS) is 1. The molecule has 0 saturated heterocycles.